The highest BCUT2D eigenvalue weighted by atomic mass is 79.9. The highest BCUT2D eigenvalue weighted by molar-refractivity contribution is 9.09. The van der Waals surface area contributed by atoms with Gasteiger partial charge in [0.1, 0.15) is 0 Å². The molecular weight excluding hydrogens is 246 g/mol. The molecular formula is C10H14BrNO2. The van der Waals surface area contributed by atoms with Gasteiger partial charge >= 0.3 is 0 Å². The van der Waals surface area contributed by atoms with E-state index in [0.29, 0.717) is 0 Å². The number of hydrogen-bond acceptors (Lipinski definition) is 2. The van der Waals surface area contributed by atoms with Crippen LogP contribution in [-0.4, -0.2) is 17.1 Å². The second-order valence-corrected chi connectivity index (χ2v) is 5.00. The van der Waals surface area contributed by atoms with Crippen molar-refractivity contribution in [3.05, 3.63) is 0 Å². The Bertz CT molecular complexity index is 279. The summed E-state index contributed by atoms with van der Waals surface area (Å²) in [6.07, 6.45) is 4.62. The Balaban J connectivity index is 2.20. The maximum Gasteiger partial charge on any atom is 0.233 e. The van der Waals surface area contributed by atoms with Crippen molar-refractivity contribution in [2.24, 2.45) is 11.3 Å². The lowest BCUT2D eigenvalue weighted by molar-refractivity contribution is -0.129. The van der Waals surface area contributed by atoms with Gasteiger partial charge in [0.05, 0.1) is 11.3 Å². The Kier molecular flexibility index (Phi) is 2.64. The number of alkyl halides is 1. The zero-order valence-corrected chi connectivity index (χ0v) is 9.60. The first-order valence-electron chi connectivity index (χ1n) is 5.12. The summed E-state index contributed by atoms with van der Waals surface area (Å²) in [6.45, 7) is 0. The molecule has 1 aliphatic carbocycles. The molecule has 2 aliphatic rings. The van der Waals surface area contributed by atoms with Crippen LogP contribution >= 0.6 is 15.9 Å². The molecule has 1 saturated carbocycles. The van der Waals surface area contributed by atoms with Crippen molar-refractivity contribution in [2.75, 3.05) is 5.33 Å². The Morgan fingerprint density at radius 2 is 2.29 bits per heavy atom. The summed E-state index contributed by atoms with van der Waals surface area (Å²) in [5.41, 5.74) is -0.342. The number of amides is 2. The minimum atomic E-state index is -0.342. The van der Waals surface area contributed by atoms with Gasteiger partial charge in [0.25, 0.3) is 0 Å². The van der Waals surface area contributed by atoms with Gasteiger partial charge in [0.15, 0.2) is 0 Å². The molecule has 1 aliphatic heterocycles. The predicted octanol–water partition coefficient (Wildman–Crippen LogP) is 1.60. The van der Waals surface area contributed by atoms with Gasteiger partial charge in [-0.15, -0.1) is 0 Å². The largest absolute Gasteiger partial charge is 0.296 e. The fraction of sp³-hybridized carbons (Fsp3) is 0.800. The summed E-state index contributed by atoms with van der Waals surface area (Å²) in [6, 6.07) is 0. The third kappa shape index (κ3) is 1.31. The maximum absolute atomic E-state index is 11.7. The fourth-order valence-corrected chi connectivity index (χ4v) is 3.12. The van der Waals surface area contributed by atoms with Crippen molar-refractivity contribution in [2.45, 2.75) is 32.1 Å². The van der Waals surface area contributed by atoms with Crippen LogP contribution in [0.3, 0.4) is 0 Å². The zero-order chi connectivity index (χ0) is 10.2. The van der Waals surface area contributed by atoms with Gasteiger partial charge in [-0.05, 0) is 25.7 Å². The molecule has 2 unspecified atom stereocenters. The molecule has 1 saturated heterocycles. The van der Waals surface area contributed by atoms with E-state index in [1.54, 1.807) is 0 Å². The molecule has 0 aromatic heterocycles. The van der Waals surface area contributed by atoms with Crippen LogP contribution in [0.1, 0.15) is 32.1 Å². The van der Waals surface area contributed by atoms with Crippen LogP contribution in [0.25, 0.3) is 0 Å². The normalized spacial score (nSPS) is 35.9. The van der Waals surface area contributed by atoms with Crippen molar-refractivity contribution in [1.29, 1.82) is 0 Å². The van der Waals surface area contributed by atoms with Gasteiger partial charge in [-0.2, -0.15) is 0 Å². The number of hydrogen-bond donors (Lipinski definition) is 1. The molecule has 0 bridgehead atoms. The van der Waals surface area contributed by atoms with Crippen molar-refractivity contribution in [3.63, 3.8) is 0 Å². The molecule has 3 nitrogen and oxygen atoms in total. The number of rotatable bonds is 3. The monoisotopic (exact) mass is 259 g/mol. The number of carbonyl (C=O) groups excluding carboxylic acids is 2. The van der Waals surface area contributed by atoms with Crippen molar-refractivity contribution in [3.8, 4) is 0 Å². The molecule has 0 spiro atoms. The number of fused-ring (bicyclic) bond motifs is 1. The number of carbonyl (C=O) groups is 2. The molecule has 0 aromatic carbocycles. The third-order valence-corrected chi connectivity index (χ3v) is 4.11. The molecule has 78 valence electrons. The van der Waals surface area contributed by atoms with Gasteiger partial charge in [0.2, 0.25) is 11.8 Å². The lowest BCUT2D eigenvalue weighted by atomic mass is 9.76. The average Bonchev–Trinajstić information content (AvgIpc) is 2.66. The average molecular weight is 260 g/mol. The van der Waals surface area contributed by atoms with E-state index in [0.717, 1.165) is 37.4 Å². The zero-order valence-electron chi connectivity index (χ0n) is 8.01. The third-order valence-electron chi connectivity index (χ3n) is 3.54. The molecule has 4 heteroatoms. The van der Waals surface area contributed by atoms with E-state index in [-0.39, 0.29) is 23.1 Å². The molecule has 0 radical (unpaired) electrons. The van der Waals surface area contributed by atoms with Gasteiger partial charge < -0.3 is 0 Å². The van der Waals surface area contributed by atoms with E-state index in [1.165, 1.54) is 0 Å². The number of nitrogens with one attached hydrogen (secondary N) is 1. The van der Waals surface area contributed by atoms with E-state index < -0.39 is 0 Å². The van der Waals surface area contributed by atoms with Crippen LogP contribution in [0.4, 0.5) is 0 Å². The van der Waals surface area contributed by atoms with Crippen molar-refractivity contribution >= 4 is 27.7 Å². The smallest absolute Gasteiger partial charge is 0.233 e. The van der Waals surface area contributed by atoms with Crippen molar-refractivity contribution in [1.82, 2.24) is 5.32 Å². The van der Waals surface area contributed by atoms with Crippen LogP contribution in [0.5, 0.6) is 0 Å². The Hall–Kier alpha value is -0.380. The van der Waals surface area contributed by atoms with E-state index in [9.17, 15) is 9.59 Å². The van der Waals surface area contributed by atoms with E-state index >= 15 is 0 Å². The highest BCUT2D eigenvalue weighted by Crippen LogP contribution is 2.50. The summed E-state index contributed by atoms with van der Waals surface area (Å²) in [7, 11) is 0. The van der Waals surface area contributed by atoms with Gasteiger partial charge in [0, 0.05) is 5.33 Å². The van der Waals surface area contributed by atoms with Crippen LogP contribution in [0, 0.1) is 11.3 Å². The fourth-order valence-electron chi connectivity index (χ4n) is 2.84. The molecule has 2 atom stereocenters. The van der Waals surface area contributed by atoms with E-state index in [4.69, 9.17) is 0 Å². The van der Waals surface area contributed by atoms with Gasteiger partial charge in [-0.25, -0.2) is 0 Å². The molecule has 14 heavy (non-hydrogen) atoms. The maximum atomic E-state index is 11.7. The minimum absolute atomic E-state index is 0.0223. The van der Waals surface area contributed by atoms with Crippen LogP contribution in [0.2, 0.25) is 0 Å². The molecule has 2 amide bonds. The summed E-state index contributed by atoms with van der Waals surface area (Å²) < 4.78 is 0. The summed E-state index contributed by atoms with van der Waals surface area (Å²) in [5, 5.41) is 3.38. The summed E-state index contributed by atoms with van der Waals surface area (Å²) in [4.78, 5) is 23.2. The SMILES string of the molecule is O=C1NC(=O)C2(CCCBr)CCCC12. The van der Waals surface area contributed by atoms with Crippen LogP contribution in [0.15, 0.2) is 0 Å². The minimum Gasteiger partial charge on any atom is -0.296 e. The van der Waals surface area contributed by atoms with Gasteiger partial charge in [-0.3, -0.25) is 14.9 Å². The number of halogens is 1. The topological polar surface area (TPSA) is 46.2 Å². The molecule has 1 heterocycles. The van der Waals surface area contributed by atoms with Crippen molar-refractivity contribution < 1.29 is 9.59 Å². The Morgan fingerprint density at radius 1 is 1.50 bits per heavy atom. The van der Waals surface area contributed by atoms with Crippen LogP contribution in [-0.2, 0) is 9.59 Å². The second kappa shape index (κ2) is 3.65. The first-order chi connectivity index (χ1) is 6.70. The first kappa shape index (κ1) is 10.1. The summed E-state index contributed by atoms with van der Waals surface area (Å²) >= 11 is 3.37. The summed E-state index contributed by atoms with van der Waals surface area (Å²) in [5.74, 6) is -0.0953. The first-order valence-corrected chi connectivity index (χ1v) is 6.24. The molecule has 2 rings (SSSR count). The van der Waals surface area contributed by atoms with Gasteiger partial charge in [-0.1, -0.05) is 22.4 Å². The highest BCUT2D eigenvalue weighted by Gasteiger charge is 2.56. The standard InChI is InChI=1S/C10H14BrNO2/c11-6-2-5-10-4-1-3-7(10)8(13)12-9(10)14/h7H,1-6H2,(H,12,13,14). The lowest BCUT2D eigenvalue weighted by Crippen LogP contribution is -2.32. The lowest BCUT2D eigenvalue weighted by Gasteiger charge is -2.24. The Morgan fingerprint density at radius 3 is 3.00 bits per heavy atom. The predicted molar refractivity (Wildman–Crippen MR) is 56.0 cm³/mol. The molecule has 1 N–H and O–H groups in total. The van der Waals surface area contributed by atoms with E-state index in [2.05, 4.69) is 21.2 Å². The molecule has 0 aromatic rings. The second-order valence-electron chi connectivity index (χ2n) is 4.21. The Labute approximate surface area is 91.8 Å². The van der Waals surface area contributed by atoms with E-state index in [1.807, 2.05) is 0 Å². The van der Waals surface area contributed by atoms with Crippen LogP contribution < -0.4 is 5.32 Å². The number of imide groups is 1. The molecule has 2 fully saturated rings. The quantitative estimate of drug-likeness (QED) is 0.619.